The van der Waals surface area contributed by atoms with E-state index in [2.05, 4.69) is 15.4 Å². The first-order chi connectivity index (χ1) is 14.3. The molecule has 1 saturated heterocycles. The van der Waals surface area contributed by atoms with Crippen LogP contribution in [0, 0.1) is 0 Å². The van der Waals surface area contributed by atoms with Crippen LogP contribution in [-0.2, 0) is 0 Å². The van der Waals surface area contributed by atoms with Gasteiger partial charge in [0.1, 0.15) is 34.9 Å². The zero-order valence-electron chi connectivity index (χ0n) is 16.0. The molecular formula is C22H22N6O. The maximum absolute atomic E-state index is 6.22. The van der Waals surface area contributed by atoms with Crippen LogP contribution in [0.15, 0.2) is 60.9 Å². The molecule has 2 aromatic heterocycles. The lowest BCUT2D eigenvalue weighted by Crippen LogP contribution is -2.29. The molecule has 2 aromatic carbocycles. The summed E-state index contributed by atoms with van der Waals surface area (Å²) in [6.07, 6.45) is 3.70. The van der Waals surface area contributed by atoms with Crippen molar-refractivity contribution in [1.29, 1.82) is 0 Å². The molecule has 5 rings (SSSR count). The molecule has 3 heterocycles. The van der Waals surface area contributed by atoms with Gasteiger partial charge in [-0.3, -0.25) is 0 Å². The summed E-state index contributed by atoms with van der Waals surface area (Å²) in [5, 5.41) is 7.90. The Bertz CT molecular complexity index is 1120. The van der Waals surface area contributed by atoms with Crippen LogP contribution in [-0.4, -0.2) is 32.7 Å². The second kappa shape index (κ2) is 7.52. The van der Waals surface area contributed by atoms with E-state index in [9.17, 15) is 0 Å². The average Bonchev–Trinajstić information content (AvgIpc) is 3.17. The molecule has 4 aromatic rings. The topological polar surface area (TPSA) is 90.4 Å². The van der Waals surface area contributed by atoms with Gasteiger partial charge < -0.3 is 15.8 Å². The summed E-state index contributed by atoms with van der Waals surface area (Å²) in [7, 11) is 0. The van der Waals surface area contributed by atoms with Gasteiger partial charge in [-0.05, 0) is 55.8 Å². The van der Waals surface area contributed by atoms with Crippen LogP contribution in [0.4, 0.5) is 5.82 Å². The molecule has 0 amide bonds. The SMILES string of the molecule is Nc1ncnn2c([C@@H]3CCCNC3)nc(-c3ccc(Oc4ccccc4)cc3)c12. The Kier molecular flexibility index (Phi) is 4.57. The highest BCUT2D eigenvalue weighted by Gasteiger charge is 2.24. The largest absolute Gasteiger partial charge is 0.457 e. The summed E-state index contributed by atoms with van der Waals surface area (Å²) in [6.45, 7) is 1.94. The third-order valence-corrected chi connectivity index (χ3v) is 5.25. The second-order valence-electron chi connectivity index (χ2n) is 7.21. The zero-order valence-corrected chi connectivity index (χ0v) is 16.0. The van der Waals surface area contributed by atoms with Crippen LogP contribution in [0.2, 0.25) is 0 Å². The highest BCUT2D eigenvalue weighted by molar-refractivity contribution is 5.85. The molecule has 146 valence electrons. The minimum Gasteiger partial charge on any atom is -0.457 e. The molecule has 0 spiro atoms. The van der Waals surface area contributed by atoms with Crippen molar-refractivity contribution in [3.63, 3.8) is 0 Å². The highest BCUT2D eigenvalue weighted by atomic mass is 16.5. The Morgan fingerprint density at radius 2 is 1.83 bits per heavy atom. The van der Waals surface area contributed by atoms with Crippen LogP contribution in [0.25, 0.3) is 16.8 Å². The number of fused-ring (bicyclic) bond motifs is 1. The summed E-state index contributed by atoms with van der Waals surface area (Å²) in [5.41, 5.74) is 8.73. The van der Waals surface area contributed by atoms with Crippen LogP contribution >= 0.6 is 0 Å². The van der Waals surface area contributed by atoms with Gasteiger partial charge in [-0.2, -0.15) is 5.10 Å². The van der Waals surface area contributed by atoms with Crippen molar-refractivity contribution in [3.05, 3.63) is 66.7 Å². The van der Waals surface area contributed by atoms with E-state index in [-0.39, 0.29) is 0 Å². The van der Waals surface area contributed by atoms with E-state index in [0.717, 1.165) is 60.0 Å². The third kappa shape index (κ3) is 3.40. The van der Waals surface area contributed by atoms with E-state index in [1.54, 1.807) is 0 Å². The Balaban J connectivity index is 1.52. The van der Waals surface area contributed by atoms with Crippen LogP contribution in [0.5, 0.6) is 11.5 Å². The van der Waals surface area contributed by atoms with Crippen LogP contribution < -0.4 is 15.8 Å². The first kappa shape index (κ1) is 17.6. The molecule has 0 aliphatic carbocycles. The number of aromatic nitrogens is 4. The van der Waals surface area contributed by atoms with Gasteiger partial charge in [-0.15, -0.1) is 0 Å². The molecule has 1 fully saturated rings. The fourth-order valence-electron chi connectivity index (χ4n) is 3.82. The van der Waals surface area contributed by atoms with Gasteiger partial charge in [-0.1, -0.05) is 18.2 Å². The summed E-state index contributed by atoms with van der Waals surface area (Å²) in [4.78, 5) is 9.15. The van der Waals surface area contributed by atoms with Crippen molar-refractivity contribution in [2.45, 2.75) is 18.8 Å². The van der Waals surface area contributed by atoms with Gasteiger partial charge in [0.25, 0.3) is 0 Å². The molecule has 0 radical (unpaired) electrons. The Morgan fingerprint density at radius 3 is 2.59 bits per heavy atom. The van der Waals surface area contributed by atoms with Crippen molar-refractivity contribution < 1.29 is 4.74 Å². The molecule has 29 heavy (non-hydrogen) atoms. The fraction of sp³-hybridized carbons (Fsp3) is 0.227. The number of nitrogens with zero attached hydrogens (tertiary/aromatic N) is 4. The molecule has 0 saturated carbocycles. The van der Waals surface area contributed by atoms with Crippen molar-refractivity contribution in [2.75, 3.05) is 18.8 Å². The summed E-state index contributed by atoms with van der Waals surface area (Å²) in [6, 6.07) is 17.6. The molecule has 0 unspecified atom stereocenters. The van der Waals surface area contributed by atoms with E-state index in [1.807, 2.05) is 59.1 Å². The van der Waals surface area contributed by atoms with Gasteiger partial charge in [0.05, 0.1) is 0 Å². The number of nitrogen functional groups attached to an aromatic ring is 1. The lowest BCUT2D eigenvalue weighted by Gasteiger charge is -2.21. The number of hydrogen-bond acceptors (Lipinski definition) is 6. The number of ether oxygens (including phenoxy) is 1. The number of imidazole rings is 1. The first-order valence-electron chi connectivity index (χ1n) is 9.83. The van der Waals surface area contributed by atoms with Gasteiger partial charge >= 0.3 is 0 Å². The van der Waals surface area contributed by atoms with Gasteiger partial charge in [-0.25, -0.2) is 14.5 Å². The molecular weight excluding hydrogens is 364 g/mol. The Labute approximate surface area is 168 Å². The predicted molar refractivity (Wildman–Crippen MR) is 112 cm³/mol. The zero-order chi connectivity index (χ0) is 19.6. The maximum atomic E-state index is 6.22. The fourth-order valence-corrected chi connectivity index (χ4v) is 3.82. The molecule has 7 nitrogen and oxygen atoms in total. The quantitative estimate of drug-likeness (QED) is 0.557. The second-order valence-corrected chi connectivity index (χ2v) is 7.21. The number of benzene rings is 2. The molecule has 1 aliphatic heterocycles. The number of para-hydroxylation sites is 1. The lowest BCUT2D eigenvalue weighted by molar-refractivity contribution is 0.441. The van der Waals surface area contributed by atoms with E-state index in [0.29, 0.717) is 11.7 Å². The third-order valence-electron chi connectivity index (χ3n) is 5.25. The normalized spacial score (nSPS) is 16.8. The van der Waals surface area contributed by atoms with E-state index in [4.69, 9.17) is 15.5 Å². The molecule has 7 heteroatoms. The monoisotopic (exact) mass is 386 g/mol. The summed E-state index contributed by atoms with van der Waals surface area (Å²) >= 11 is 0. The standard InChI is InChI=1S/C22H22N6O/c23-21-20-19(15-8-10-18(11-9-15)29-17-6-2-1-3-7-17)27-22(28(20)26-14-25-21)16-5-4-12-24-13-16/h1-3,6-11,14,16,24H,4-5,12-13H2,(H2,23,25,26)/t16-/m1/s1. The Hall–Kier alpha value is -3.45. The number of hydrogen-bond donors (Lipinski definition) is 2. The number of anilines is 1. The highest BCUT2D eigenvalue weighted by Crippen LogP contribution is 2.33. The van der Waals surface area contributed by atoms with Crippen molar-refractivity contribution in [2.24, 2.45) is 0 Å². The van der Waals surface area contributed by atoms with Crippen LogP contribution in [0.3, 0.4) is 0 Å². The van der Waals surface area contributed by atoms with E-state index >= 15 is 0 Å². The van der Waals surface area contributed by atoms with Gasteiger partial charge in [0.2, 0.25) is 0 Å². The predicted octanol–water partition coefficient (Wildman–Crippen LogP) is 3.63. The first-order valence-corrected chi connectivity index (χ1v) is 9.83. The van der Waals surface area contributed by atoms with Crippen LogP contribution in [0.1, 0.15) is 24.6 Å². The lowest BCUT2D eigenvalue weighted by atomic mass is 9.99. The van der Waals surface area contributed by atoms with Crippen molar-refractivity contribution in [3.8, 4) is 22.8 Å². The minimum atomic E-state index is 0.306. The minimum absolute atomic E-state index is 0.306. The number of piperidine rings is 1. The number of nitrogens with two attached hydrogens (primary N) is 1. The maximum Gasteiger partial charge on any atom is 0.153 e. The Morgan fingerprint density at radius 1 is 1.03 bits per heavy atom. The summed E-state index contributed by atoms with van der Waals surface area (Å²) < 4.78 is 7.75. The molecule has 1 aliphatic rings. The summed E-state index contributed by atoms with van der Waals surface area (Å²) in [5.74, 6) is 3.24. The molecule has 0 bridgehead atoms. The molecule has 3 N–H and O–H groups in total. The average molecular weight is 386 g/mol. The van der Waals surface area contributed by atoms with E-state index in [1.165, 1.54) is 6.33 Å². The molecule has 1 atom stereocenters. The van der Waals surface area contributed by atoms with Crippen molar-refractivity contribution >= 4 is 11.3 Å². The number of rotatable bonds is 4. The van der Waals surface area contributed by atoms with E-state index < -0.39 is 0 Å². The smallest absolute Gasteiger partial charge is 0.153 e. The van der Waals surface area contributed by atoms with Gasteiger partial charge in [0.15, 0.2) is 5.82 Å². The number of nitrogens with one attached hydrogen (secondary N) is 1. The van der Waals surface area contributed by atoms with Crippen molar-refractivity contribution in [1.82, 2.24) is 24.9 Å². The van der Waals surface area contributed by atoms with Gasteiger partial charge in [0, 0.05) is 18.0 Å².